The molecule has 1 amide bonds. The molecule has 0 bridgehead atoms. The molecule has 1 aliphatic carbocycles. The van der Waals surface area contributed by atoms with Gasteiger partial charge in [0.05, 0.1) is 5.92 Å². The number of carbonyl (C=O) groups excluding carboxylic acids is 1. The van der Waals surface area contributed by atoms with Crippen LogP contribution in [-0.2, 0) is 11.2 Å². The molecule has 0 unspecified atom stereocenters. The molecule has 5 heteroatoms. The third-order valence-corrected chi connectivity index (χ3v) is 5.94. The van der Waals surface area contributed by atoms with Gasteiger partial charge in [0.1, 0.15) is 6.67 Å². The third kappa shape index (κ3) is 3.29. The summed E-state index contributed by atoms with van der Waals surface area (Å²) in [5.74, 6) is -0.185. The molecule has 0 saturated heterocycles. The fourth-order valence-corrected chi connectivity index (χ4v) is 4.70. The maximum Gasteiger partial charge on any atom is 0.228 e. The molecule has 0 fully saturated rings. The number of halogens is 1. The number of carbonyl (C=O) groups is 1. The van der Waals surface area contributed by atoms with E-state index >= 15 is 0 Å². The first-order valence-corrected chi connectivity index (χ1v) is 10.0. The van der Waals surface area contributed by atoms with Crippen molar-refractivity contribution in [2.45, 2.75) is 45.2 Å². The largest absolute Gasteiger partial charge is 0.361 e. The molecule has 1 aromatic heterocycles. The number of hydrogen-bond acceptors (Lipinski definition) is 2. The van der Waals surface area contributed by atoms with Crippen LogP contribution in [0.5, 0.6) is 0 Å². The lowest BCUT2D eigenvalue weighted by Crippen LogP contribution is -2.50. The molecular weight excluding hydrogens is 341 g/mol. The number of nitrogens with zero attached hydrogens (tertiary/aromatic N) is 1. The smallest absolute Gasteiger partial charge is 0.228 e. The summed E-state index contributed by atoms with van der Waals surface area (Å²) >= 11 is 0. The van der Waals surface area contributed by atoms with E-state index in [1.165, 1.54) is 22.1 Å². The summed E-state index contributed by atoms with van der Waals surface area (Å²) in [6.45, 7) is 4.72. The molecule has 3 atom stereocenters. The predicted molar refractivity (Wildman–Crippen MR) is 107 cm³/mol. The number of fused-ring (bicyclic) bond motifs is 2. The fraction of sp³-hybridized carbons (Fsp3) is 0.500. The molecule has 0 radical (unpaired) electrons. The first-order chi connectivity index (χ1) is 13.1. The Morgan fingerprint density at radius 2 is 2.30 bits per heavy atom. The minimum Gasteiger partial charge on any atom is -0.361 e. The molecule has 2 heterocycles. The van der Waals surface area contributed by atoms with E-state index in [1.54, 1.807) is 0 Å². The maximum absolute atomic E-state index is 13.3. The lowest BCUT2D eigenvalue weighted by molar-refractivity contribution is -0.125. The Kier molecular flexibility index (Phi) is 5.04. The van der Waals surface area contributed by atoms with Gasteiger partial charge in [-0.15, -0.1) is 0 Å². The highest BCUT2D eigenvalue weighted by molar-refractivity contribution is 5.99. The van der Waals surface area contributed by atoms with Crippen molar-refractivity contribution in [2.75, 3.05) is 19.8 Å². The van der Waals surface area contributed by atoms with E-state index < -0.39 is 6.67 Å². The van der Waals surface area contributed by atoms with Crippen LogP contribution in [0.3, 0.4) is 0 Å². The first-order valence-electron chi connectivity index (χ1n) is 10.0. The second-order valence-corrected chi connectivity index (χ2v) is 7.87. The molecule has 4 rings (SSSR count). The second-order valence-electron chi connectivity index (χ2n) is 7.87. The van der Waals surface area contributed by atoms with Gasteiger partial charge in [0.2, 0.25) is 5.91 Å². The van der Waals surface area contributed by atoms with Crippen molar-refractivity contribution in [2.24, 2.45) is 5.92 Å². The summed E-state index contributed by atoms with van der Waals surface area (Å²) in [4.78, 5) is 18.4. The Bertz CT molecular complexity index is 872. The highest BCUT2D eigenvalue weighted by atomic mass is 19.1. The predicted octanol–water partition coefficient (Wildman–Crippen LogP) is 3.68. The Morgan fingerprint density at radius 1 is 1.44 bits per heavy atom. The first kappa shape index (κ1) is 18.2. The molecule has 4 nitrogen and oxygen atoms in total. The number of aromatic nitrogens is 1. The average Bonchev–Trinajstić information content (AvgIpc) is 3.07. The van der Waals surface area contributed by atoms with Gasteiger partial charge in [-0.2, -0.15) is 0 Å². The Morgan fingerprint density at radius 3 is 3.07 bits per heavy atom. The van der Waals surface area contributed by atoms with E-state index in [-0.39, 0.29) is 23.9 Å². The minimum atomic E-state index is -0.394. The van der Waals surface area contributed by atoms with Gasteiger partial charge >= 0.3 is 0 Å². The zero-order valence-electron chi connectivity index (χ0n) is 16.1. The van der Waals surface area contributed by atoms with Crippen LogP contribution in [-0.4, -0.2) is 47.6 Å². The van der Waals surface area contributed by atoms with Gasteiger partial charge in [0, 0.05) is 42.3 Å². The topological polar surface area (TPSA) is 48.1 Å². The van der Waals surface area contributed by atoms with Crippen molar-refractivity contribution in [1.82, 2.24) is 15.2 Å². The SMILES string of the molecule is CCC[C@@H](C)NC(=O)[C@@H]1C=C2c3cccc4[nH]cc(c34)C[C@H]2N(CCF)C1. The summed E-state index contributed by atoms with van der Waals surface area (Å²) in [6.07, 6.45) is 7.09. The molecule has 27 heavy (non-hydrogen) atoms. The van der Waals surface area contributed by atoms with E-state index in [2.05, 4.69) is 46.5 Å². The van der Waals surface area contributed by atoms with E-state index in [0.717, 1.165) is 24.8 Å². The number of hydrogen-bond donors (Lipinski definition) is 2. The van der Waals surface area contributed by atoms with E-state index in [4.69, 9.17) is 0 Å². The molecule has 1 aliphatic heterocycles. The summed E-state index contributed by atoms with van der Waals surface area (Å²) in [6, 6.07) is 6.58. The van der Waals surface area contributed by atoms with E-state index in [1.807, 2.05) is 13.0 Å². The summed E-state index contributed by atoms with van der Waals surface area (Å²) < 4.78 is 13.3. The van der Waals surface area contributed by atoms with E-state index in [0.29, 0.717) is 13.1 Å². The molecule has 2 N–H and O–H groups in total. The van der Waals surface area contributed by atoms with E-state index in [9.17, 15) is 9.18 Å². The monoisotopic (exact) mass is 369 g/mol. The number of nitrogens with one attached hydrogen (secondary N) is 2. The molecule has 1 aromatic carbocycles. The third-order valence-electron chi connectivity index (χ3n) is 5.94. The van der Waals surface area contributed by atoms with Crippen molar-refractivity contribution in [3.05, 3.63) is 41.6 Å². The van der Waals surface area contributed by atoms with Crippen molar-refractivity contribution < 1.29 is 9.18 Å². The standard InChI is InChI=1S/C22H28FN3O/c1-3-5-14(2)25-22(27)16-10-18-17-6-4-7-19-21(17)15(12-24-19)11-20(18)26(13-16)9-8-23/h4,6-7,10,12,14,16,20,24H,3,5,8-9,11,13H2,1-2H3,(H,25,27)/t14-,16-,20-/m1/s1. The van der Waals surface area contributed by atoms with Gasteiger partial charge in [-0.1, -0.05) is 31.6 Å². The maximum atomic E-state index is 13.3. The van der Waals surface area contributed by atoms with Crippen LogP contribution in [0.1, 0.15) is 37.8 Å². The summed E-state index contributed by atoms with van der Waals surface area (Å²) in [7, 11) is 0. The van der Waals surface area contributed by atoms with Crippen molar-refractivity contribution in [1.29, 1.82) is 0 Å². The number of rotatable bonds is 6. The number of benzene rings is 1. The Labute approximate surface area is 159 Å². The second kappa shape index (κ2) is 7.47. The average molecular weight is 369 g/mol. The van der Waals surface area contributed by atoms with Crippen LogP contribution >= 0.6 is 0 Å². The number of amides is 1. The zero-order chi connectivity index (χ0) is 19.0. The summed E-state index contributed by atoms with van der Waals surface area (Å²) in [5, 5.41) is 4.39. The van der Waals surface area contributed by atoms with Crippen LogP contribution in [0.2, 0.25) is 0 Å². The van der Waals surface area contributed by atoms with Crippen LogP contribution in [0.4, 0.5) is 4.39 Å². The molecular formula is C22H28FN3O. The molecule has 144 valence electrons. The van der Waals surface area contributed by atoms with Gasteiger partial charge in [-0.3, -0.25) is 9.69 Å². The van der Waals surface area contributed by atoms with Crippen molar-refractivity contribution in [3.63, 3.8) is 0 Å². The molecule has 0 saturated carbocycles. The quantitative estimate of drug-likeness (QED) is 0.816. The van der Waals surface area contributed by atoms with Crippen LogP contribution in [0.25, 0.3) is 16.5 Å². The van der Waals surface area contributed by atoms with Crippen LogP contribution in [0.15, 0.2) is 30.5 Å². The molecule has 2 aliphatic rings. The van der Waals surface area contributed by atoms with Crippen LogP contribution < -0.4 is 5.32 Å². The highest BCUT2D eigenvalue weighted by Gasteiger charge is 2.37. The highest BCUT2D eigenvalue weighted by Crippen LogP contribution is 2.41. The molecule has 0 spiro atoms. The Balaban J connectivity index is 1.70. The fourth-order valence-electron chi connectivity index (χ4n) is 4.70. The minimum absolute atomic E-state index is 0.0535. The lowest BCUT2D eigenvalue weighted by Gasteiger charge is -2.41. The molecule has 2 aromatic rings. The summed E-state index contributed by atoms with van der Waals surface area (Å²) in [5.41, 5.74) is 4.77. The number of H-pyrrole nitrogens is 1. The van der Waals surface area contributed by atoms with Crippen molar-refractivity contribution in [3.8, 4) is 0 Å². The normalized spacial score (nSPS) is 23.0. The zero-order valence-corrected chi connectivity index (χ0v) is 16.1. The Hall–Kier alpha value is -2.14. The lowest BCUT2D eigenvalue weighted by atomic mass is 9.79. The van der Waals surface area contributed by atoms with Crippen molar-refractivity contribution >= 4 is 22.4 Å². The van der Waals surface area contributed by atoms with Gasteiger partial charge in [-0.05, 0) is 42.5 Å². The van der Waals surface area contributed by atoms with Crippen LogP contribution in [0, 0.1) is 5.92 Å². The number of alkyl halides is 1. The van der Waals surface area contributed by atoms with Gasteiger partial charge in [0.15, 0.2) is 0 Å². The van der Waals surface area contributed by atoms with Gasteiger partial charge < -0.3 is 10.3 Å². The van der Waals surface area contributed by atoms with Gasteiger partial charge in [-0.25, -0.2) is 4.39 Å². The van der Waals surface area contributed by atoms with Gasteiger partial charge in [0.25, 0.3) is 0 Å². The number of aromatic amines is 1.